The topological polar surface area (TPSA) is 108 Å². The first-order chi connectivity index (χ1) is 9.54. The molecule has 0 aromatic rings. The van der Waals surface area contributed by atoms with Gasteiger partial charge < -0.3 is 24.1 Å². The second-order valence-electron chi connectivity index (χ2n) is 4.61. The van der Waals surface area contributed by atoms with Crippen LogP contribution in [-0.2, 0) is 33.3 Å². The van der Waals surface area contributed by atoms with E-state index >= 15 is 0 Å². The molecule has 1 saturated heterocycles. The minimum atomic E-state index is -2.07. The minimum absolute atomic E-state index is 0.630. The van der Waals surface area contributed by atoms with Crippen molar-refractivity contribution in [1.82, 2.24) is 0 Å². The molecule has 0 aromatic heterocycles. The van der Waals surface area contributed by atoms with Crippen molar-refractivity contribution in [2.45, 2.75) is 56.8 Å². The predicted octanol–water partition coefficient (Wildman–Crippen LogP) is 0.241. The number of esters is 3. The van der Waals surface area contributed by atoms with E-state index in [0.29, 0.717) is 0 Å². The Morgan fingerprint density at radius 3 is 1.86 bits per heavy atom. The van der Waals surface area contributed by atoms with Gasteiger partial charge in [0.2, 0.25) is 6.10 Å². The summed E-state index contributed by atoms with van der Waals surface area (Å²) in [6.45, 7) is 4.95. The molecule has 1 N–H and O–H groups in total. The molecule has 8 nitrogen and oxygen atoms in total. The SMILES string of the molecule is CC(=O)O[C@@H]1[C@@H](OC(C)=O)[C@@H](OC(C)=O)C(O)(Br)O[C@H]1C. The van der Waals surface area contributed by atoms with E-state index in [0.717, 1.165) is 13.8 Å². The van der Waals surface area contributed by atoms with E-state index in [-0.39, 0.29) is 0 Å². The first-order valence-corrected chi connectivity index (χ1v) is 6.94. The van der Waals surface area contributed by atoms with Gasteiger partial charge in [0.15, 0.2) is 12.2 Å². The van der Waals surface area contributed by atoms with E-state index in [1.165, 1.54) is 13.8 Å². The lowest BCUT2D eigenvalue weighted by Crippen LogP contribution is -2.64. The zero-order valence-electron chi connectivity index (χ0n) is 12.0. The van der Waals surface area contributed by atoms with Crippen molar-refractivity contribution in [2.24, 2.45) is 0 Å². The molecule has 1 heterocycles. The second kappa shape index (κ2) is 6.71. The summed E-state index contributed by atoms with van der Waals surface area (Å²) in [5.41, 5.74) is 0. The van der Waals surface area contributed by atoms with Gasteiger partial charge >= 0.3 is 17.9 Å². The van der Waals surface area contributed by atoms with Crippen LogP contribution in [0, 0.1) is 0 Å². The summed E-state index contributed by atoms with van der Waals surface area (Å²) >= 11 is 2.88. The Kier molecular flexibility index (Phi) is 5.71. The zero-order chi connectivity index (χ0) is 16.4. The molecule has 0 spiro atoms. The Morgan fingerprint density at radius 2 is 1.43 bits per heavy atom. The average Bonchev–Trinajstić information content (AvgIpc) is 2.27. The number of carbonyl (C=O) groups is 3. The predicted molar refractivity (Wildman–Crippen MR) is 71.1 cm³/mol. The Labute approximate surface area is 129 Å². The van der Waals surface area contributed by atoms with Gasteiger partial charge in [0.05, 0.1) is 6.10 Å². The molecule has 9 heteroatoms. The molecule has 0 bridgehead atoms. The molecule has 5 atom stereocenters. The Hall–Kier alpha value is -1.19. The molecule has 0 amide bonds. The number of rotatable bonds is 3. The lowest BCUT2D eigenvalue weighted by molar-refractivity contribution is -0.301. The summed E-state index contributed by atoms with van der Waals surface area (Å²) in [6, 6.07) is 0. The maximum atomic E-state index is 11.3. The standard InChI is InChI=1S/C12H17BrO8/c1-5-9(18-6(2)14)10(19-7(3)15)11(20-8(4)16)12(13,17)21-5/h5,9-11,17H,1-4H3/t5-,9-,10+,11+,12?/m0/s1. The molecule has 1 aliphatic heterocycles. The highest BCUT2D eigenvalue weighted by Gasteiger charge is 2.57. The third kappa shape index (κ3) is 4.65. The molecular weight excluding hydrogens is 352 g/mol. The quantitative estimate of drug-likeness (QED) is 0.428. The van der Waals surface area contributed by atoms with Crippen LogP contribution in [0.15, 0.2) is 0 Å². The van der Waals surface area contributed by atoms with E-state index in [1.807, 2.05) is 0 Å². The van der Waals surface area contributed by atoms with Crippen molar-refractivity contribution in [1.29, 1.82) is 0 Å². The maximum absolute atomic E-state index is 11.3. The van der Waals surface area contributed by atoms with Crippen molar-refractivity contribution >= 4 is 33.8 Å². The smallest absolute Gasteiger partial charge is 0.303 e. The summed E-state index contributed by atoms with van der Waals surface area (Å²) in [7, 11) is 0. The van der Waals surface area contributed by atoms with E-state index in [4.69, 9.17) is 18.9 Å². The van der Waals surface area contributed by atoms with Crippen LogP contribution in [0.25, 0.3) is 0 Å². The fraction of sp³-hybridized carbons (Fsp3) is 0.750. The van der Waals surface area contributed by atoms with Crippen molar-refractivity contribution in [3.05, 3.63) is 0 Å². The molecule has 0 aliphatic carbocycles. The molecule has 0 saturated carbocycles. The molecule has 1 fully saturated rings. The fourth-order valence-corrected chi connectivity index (χ4v) is 2.68. The van der Waals surface area contributed by atoms with Gasteiger partial charge in [-0.05, 0) is 22.9 Å². The van der Waals surface area contributed by atoms with Crippen LogP contribution in [-0.4, -0.2) is 52.1 Å². The highest BCUT2D eigenvalue weighted by Crippen LogP contribution is 2.37. The molecule has 21 heavy (non-hydrogen) atoms. The first kappa shape index (κ1) is 17.9. The third-order valence-electron chi connectivity index (χ3n) is 2.68. The van der Waals surface area contributed by atoms with Crippen LogP contribution >= 0.6 is 15.9 Å². The van der Waals surface area contributed by atoms with Gasteiger partial charge in [-0.1, -0.05) is 0 Å². The lowest BCUT2D eigenvalue weighted by atomic mass is 9.99. The van der Waals surface area contributed by atoms with Gasteiger partial charge in [0, 0.05) is 20.8 Å². The summed E-state index contributed by atoms with van der Waals surface area (Å²) < 4.78 is 18.2. The van der Waals surface area contributed by atoms with Crippen LogP contribution in [0.1, 0.15) is 27.7 Å². The second-order valence-corrected chi connectivity index (χ2v) is 5.75. The Bertz CT molecular complexity index is 435. The number of carbonyl (C=O) groups excluding carboxylic acids is 3. The van der Waals surface area contributed by atoms with Crippen LogP contribution < -0.4 is 0 Å². The van der Waals surface area contributed by atoms with Crippen molar-refractivity contribution in [3.8, 4) is 0 Å². The van der Waals surface area contributed by atoms with Crippen molar-refractivity contribution in [3.63, 3.8) is 0 Å². The number of alkyl halides is 1. The number of aliphatic hydroxyl groups is 1. The van der Waals surface area contributed by atoms with Gasteiger partial charge in [-0.15, -0.1) is 0 Å². The van der Waals surface area contributed by atoms with Crippen molar-refractivity contribution in [2.75, 3.05) is 0 Å². The van der Waals surface area contributed by atoms with Crippen LogP contribution in [0.3, 0.4) is 0 Å². The number of ether oxygens (including phenoxy) is 4. The zero-order valence-corrected chi connectivity index (χ0v) is 13.6. The summed E-state index contributed by atoms with van der Waals surface area (Å²) in [5.74, 6) is -2.05. The van der Waals surface area contributed by atoms with E-state index in [9.17, 15) is 19.5 Å². The molecule has 0 radical (unpaired) electrons. The molecule has 120 valence electrons. The Balaban J connectivity index is 3.15. The van der Waals surface area contributed by atoms with E-state index < -0.39 is 47.0 Å². The van der Waals surface area contributed by atoms with Crippen molar-refractivity contribution < 1.29 is 38.4 Å². The summed E-state index contributed by atoms with van der Waals surface area (Å²) in [6.07, 6.45) is -4.47. The largest absolute Gasteiger partial charge is 0.456 e. The average molecular weight is 369 g/mol. The maximum Gasteiger partial charge on any atom is 0.303 e. The summed E-state index contributed by atoms with van der Waals surface area (Å²) in [5, 5.41) is 10.2. The molecule has 1 unspecified atom stereocenters. The first-order valence-electron chi connectivity index (χ1n) is 6.15. The minimum Gasteiger partial charge on any atom is -0.456 e. The van der Waals surface area contributed by atoms with Gasteiger partial charge in [-0.3, -0.25) is 14.4 Å². The number of hydrogen-bond donors (Lipinski definition) is 1. The molecule has 1 aliphatic rings. The van der Waals surface area contributed by atoms with Crippen LogP contribution in [0.4, 0.5) is 0 Å². The monoisotopic (exact) mass is 368 g/mol. The fourth-order valence-electron chi connectivity index (χ4n) is 2.03. The highest BCUT2D eigenvalue weighted by molar-refractivity contribution is 9.10. The van der Waals surface area contributed by atoms with Gasteiger partial charge in [-0.25, -0.2) is 0 Å². The summed E-state index contributed by atoms with van der Waals surface area (Å²) in [4.78, 5) is 33.6. The normalized spacial score (nSPS) is 35.7. The van der Waals surface area contributed by atoms with Gasteiger partial charge in [-0.2, -0.15) is 0 Å². The third-order valence-corrected chi connectivity index (χ3v) is 3.32. The van der Waals surface area contributed by atoms with Gasteiger partial charge in [0.1, 0.15) is 0 Å². The lowest BCUT2D eigenvalue weighted by Gasteiger charge is -2.45. The van der Waals surface area contributed by atoms with E-state index in [2.05, 4.69) is 15.9 Å². The number of hydrogen-bond acceptors (Lipinski definition) is 8. The van der Waals surface area contributed by atoms with Crippen LogP contribution in [0.2, 0.25) is 0 Å². The van der Waals surface area contributed by atoms with Gasteiger partial charge in [0.25, 0.3) is 4.70 Å². The molecule has 0 aromatic carbocycles. The highest BCUT2D eigenvalue weighted by atomic mass is 79.9. The molecular formula is C12H17BrO8. The number of halogens is 1. The Morgan fingerprint density at radius 1 is 1.00 bits per heavy atom. The van der Waals surface area contributed by atoms with E-state index in [1.54, 1.807) is 0 Å². The van der Waals surface area contributed by atoms with Crippen LogP contribution in [0.5, 0.6) is 0 Å². The molecule has 1 rings (SSSR count).